The third-order valence-electron chi connectivity index (χ3n) is 8.06. The summed E-state index contributed by atoms with van der Waals surface area (Å²) in [5.41, 5.74) is 0. The molecule has 0 aromatic rings. The summed E-state index contributed by atoms with van der Waals surface area (Å²) in [6, 6.07) is 0. The molecule has 7 nitrogen and oxygen atoms in total. The Morgan fingerprint density at radius 2 is 1.50 bits per heavy atom. The average molecular weight is 493 g/mol. The van der Waals surface area contributed by atoms with Gasteiger partial charge in [0.1, 0.15) is 11.6 Å². The van der Waals surface area contributed by atoms with E-state index in [9.17, 15) is 19.2 Å². The van der Waals surface area contributed by atoms with E-state index in [1.165, 1.54) is 14.2 Å². The van der Waals surface area contributed by atoms with E-state index >= 15 is 0 Å². The number of allylic oxidation sites excluding steroid dienone is 2. The standard InChI is InChI=1S/C26H40O7Si/c1-10-12-15-16(13-11-2)22(27)17-14-18(33-34(8,9)26(3,4)5)20(24(29)31-6)21(25(30)32-7)19(15)23(17)28/h10-11,15-21H,1-2,12-14H2,3-9H3/t15-,16?,17-,18+,19-,20+,21+/m1/s1. The van der Waals surface area contributed by atoms with Crippen molar-refractivity contribution in [1.82, 2.24) is 0 Å². The van der Waals surface area contributed by atoms with E-state index in [0.29, 0.717) is 12.8 Å². The predicted octanol–water partition coefficient (Wildman–Crippen LogP) is 4.13. The number of methoxy groups -OCH3 is 2. The first-order valence-electron chi connectivity index (χ1n) is 11.9. The highest BCUT2D eigenvalue weighted by molar-refractivity contribution is 6.74. The summed E-state index contributed by atoms with van der Waals surface area (Å²) in [7, 11) is 0.0399. The quantitative estimate of drug-likeness (QED) is 0.218. The van der Waals surface area contributed by atoms with Crippen LogP contribution < -0.4 is 0 Å². The highest BCUT2D eigenvalue weighted by atomic mass is 28.4. The van der Waals surface area contributed by atoms with Crippen molar-refractivity contribution >= 4 is 31.8 Å². The average Bonchev–Trinajstić information content (AvgIpc) is 2.85. The number of esters is 2. The molecule has 0 heterocycles. The van der Waals surface area contributed by atoms with Crippen molar-refractivity contribution in [1.29, 1.82) is 0 Å². The van der Waals surface area contributed by atoms with Gasteiger partial charge in [0.2, 0.25) is 0 Å². The van der Waals surface area contributed by atoms with Gasteiger partial charge in [-0.2, -0.15) is 0 Å². The zero-order chi connectivity index (χ0) is 26.0. The number of Topliss-reactive ketones (excluding diaryl/α,β-unsaturated/α-hetero) is 2. The molecule has 7 atom stereocenters. The number of carbonyl (C=O) groups excluding carboxylic acids is 4. The molecule has 0 aromatic carbocycles. The molecule has 1 unspecified atom stereocenters. The normalized spacial score (nSPS) is 31.9. The molecule has 190 valence electrons. The van der Waals surface area contributed by atoms with Crippen LogP contribution in [-0.4, -0.2) is 52.1 Å². The summed E-state index contributed by atoms with van der Waals surface area (Å²) in [6.07, 6.45) is 3.26. The van der Waals surface area contributed by atoms with Crippen LogP contribution in [0.3, 0.4) is 0 Å². The van der Waals surface area contributed by atoms with Gasteiger partial charge in [-0.3, -0.25) is 19.2 Å². The predicted molar refractivity (Wildman–Crippen MR) is 131 cm³/mol. The van der Waals surface area contributed by atoms with Gasteiger partial charge in [0, 0.05) is 11.8 Å². The number of fused-ring (bicyclic) bond motifs is 2. The van der Waals surface area contributed by atoms with Crippen molar-refractivity contribution in [3.63, 3.8) is 0 Å². The number of carbonyl (C=O) groups is 4. The summed E-state index contributed by atoms with van der Waals surface area (Å²) in [4.78, 5) is 53.8. The maximum Gasteiger partial charge on any atom is 0.312 e. The Labute approximate surface area is 204 Å². The molecule has 2 fully saturated rings. The molecule has 0 saturated heterocycles. The molecule has 0 amide bonds. The second kappa shape index (κ2) is 10.7. The van der Waals surface area contributed by atoms with Crippen molar-refractivity contribution in [2.24, 2.45) is 35.5 Å². The Hall–Kier alpha value is -2.06. The van der Waals surface area contributed by atoms with E-state index < -0.39 is 61.9 Å². The van der Waals surface area contributed by atoms with Gasteiger partial charge in [0.05, 0.1) is 38.1 Å². The van der Waals surface area contributed by atoms with Crippen LogP contribution in [-0.2, 0) is 33.1 Å². The van der Waals surface area contributed by atoms with Crippen molar-refractivity contribution < 1.29 is 33.1 Å². The van der Waals surface area contributed by atoms with Gasteiger partial charge in [0.15, 0.2) is 8.32 Å². The molecule has 2 bridgehead atoms. The maximum absolute atomic E-state index is 13.8. The Balaban J connectivity index is 2.78. The summed E-state index contributed by atoms with van der Waals surface area (Å²) in [5, 5.41) is -0.194. The number of ether oxygens (including phenoxy) is 2. The maximum atomic E-state index is 13.8. The first kappa shape index (κ1) is 28.2. The first-order chi connectivity index (χ1) is 15.8. The molecular weight excluding hydrogens is 452 g/mol. The van der Waals surface area contributed by atoms with E-state index in [4.69, 9.17) is 13.9 Å². The van der Waals surface area contributed by atoms with Crippen LogP contribution in [0, 0.1) is 35.5 Å². The molecule has 2 aliphatic rings. The second-order valence-corrected chi connectivity index (χ2v) is 15.7. The number of hydrogen-bond donors (Lipinski definition) is 0. The van der Waals surface area contributed by atoms with E-state index in [1.54, 1.807) is 12.2 Å². The second-order valence-electron chi connectivity index (χ2n) is 11.0. The van der Waals surface area contributed by atoms with Crippen molar-refractivity contribution in [3.05, 3.63) is 25.3 Å². The van der Waals surface area contributed by atoms with Crippen LogP contribution in [0.2, 0.25) is 18.1 Å². The molecule has 0 spiro atoms. The van der Waals surface area contributed by atoms with Gasteiger partial charge >= 0.3 is 11.9 Å². The minimum atomic E-state index is -2.46. The smallest absolute Gasteiger partial charge is 0.312 e. The van der Waals surface area contributed by atoms with Crippen LogP contribution in [0.15, 0.2) is 25.3 Å². The van der Waals surface area contributed by atoms with Crippen molar-refractivity contribution in [2.45, 2.75) is 64.3 Å². The highest BCUT2D eigenvalue weighted by Gasteiger charge is 2.61. The van der Waals surface area contributed by atoms with Crippen molar-refractivity contribution in [2.75, 3.05) is 14.2 Å². The zero-order valence-corrected chi connectivity index (χ0v) is 22.6. The first-order valence-corrected chi connectivity index (χ1v) is 14.8. The molecule has 2 aliphatic carbocycles. The lowest BCUT2D eigenvalue weighted by Gasteiger charge is -2.42. The summed E-state index contributed by atoms with van der Waals surface area (Å²) in [5.74, 6) is -6.79. The lowest BCUT2D eigenvalue weighted by atomic mass is 9.60. The Kier molecular flexibility index (Phi) is 8.86. The summed E-state index contributed by atoms with van der Waals surface area (Å²) in [6.45, 7) is 17.9. The third-order valence-corrected chi connectivity index (χ3v) is 12.6. The molecule has 8 heteroatoms. The van der Waals surface area contributed by atoms with Crippen LogP contribution >= 0.6 is 0 Å². The van der Waals surface area contributed by atoms with E-state index in [2.05, 4.69) is 33.9 Å². The fourth-order valence-corrected chi connectivity index (χ4v) is 6.68. The molecule has 2 saturated carbocycles. The Bertz CT molecular complexity index is 841. The van der Waals surface area contributed by atoms with E-state index in [-0.39, 0.29) is 23.0 Å². The largest absolute Gasteiger partial charge is 0.469 e. The lowest BCUT2D eigenvalue weighted by molar-refractivity contribution is -0.167. The topological polar surface area (TPSA) is 96.0 Å². The van der Waals surface area contributed by atoms with E-state index in [1.807, 2.05) is 13.1 Å². The molecule has 34 heavy (non-hydrogen) atoms. The Morgan fingerprint density at radius 1 is 0.971 bits per heavy atom. The van der Waals surface area contributed by atoms with Gasteiger partial charge in [0.25, 0.3) is 0 Å². The molecular formula is C26H40O7Si. The summed E-state index contributed by atoms with van der Waals surface area (Å²) >= 11 is 0. The minimum absolute atomic E-state index is 0.0440. The molecule has 0 aromatic heterocycles. The third kappa shape index (κ3) is 5.13. The lowest BCUT2D eigenvalue weighted by Crippen LogP contribution is -2.52. The van der Waals surface area contributed by atoms with Gasteiger partial charge in [-0.25, -0.2) is 0 Å². The van der Waals surface area contributed by atoms with E-state index in [0.717, 1.165) is 0 Å². The fraction of sp³-hybridized carbons (Fsp3) is 0.692. The van der Waals surface area contributed by atoms with Crippen LogP contribution in [0.1, 0.15) is 40.0 Å². The Morgan fingerprint density at radius 3 is 1.97 bits per heavy atom. The molecule has 2 rings (SSSR count). The highest BCUT2D eigenvalue weighted by Crippen LogP contribution is 2.50. The number of rotatable bonds is 8. The summed E-state index contributed by atoms with van der Waals surface area (Å²) < 4.78 is 16.9. The molecule has 0 N–H and O–H groups in total. The number of hydrogen-bond acceptors (Lipinski definition) is 7. The van der Waals surface area contributed by atoms with Crippen LogP contribution in [0.5, 0.6) is 0 Å². The van der Waals surface area contributed by atoms with Crippen LogP contribution in [0.4, 0.5) is 0 Å². The van der Waals surface area contributed by atoms with Gasteiger partial charge < -0.3 is 13.9 Å². The van der Waals surface area contributed by atoms with Gasteiger partial charge in [-0.1, -0.05) is 32.9 Å². The molecule has 0 radical (unpaired) electrons. The monoisotopic (exact) mass is 492 g/mol. The fourth-order valence-electron chi connectivity index (χ4n) is 5.33. The number of ketones is 2. The minimum Gasteiger partial charge on any atom is -0.469 e. The SMILES string of the molecule is C=CCC1C(=O)[C@H]2C[C@H](O[Si](C)(C)C(C)(C)C)[C@H](C(=O)OC)[C@@H](C(=O)OC)[C@H](C2=O)[C@@H]1CC=C. The zero-order valence-electron chi connectivity index (χ0n) is 21.6. The van der Waals surface area contributed by atoms with Gasteiger partial charge in [-0.15, -0.1) is 13.2 Å². The van der Waals surface area contributed by atoms with Gasteiger partial charge in [-0.05, 0) is 43.3 Å². The van der Waals surface area contributed by atoms with Crippen molar-refractivity contribution in [3.8, 4) is 0 Å². The van der Waals surface area contributed by atoms with Crippen LogP contribution in [0.25, 0.3) is 0 Å². The molecule has 0 aliphatic heterocycles.